The molecule has 0 spiro atoms. The van der Waals surface area contributed by atoms with Crippen molar-refractivity contribution in [1.82, 2.24) is 5.32 Å². The molecule has 2 aliphatic rings. The quantitative estimate of drug-likeness (QED) is 0.565. The Labute approximate surface area is 99.9 Å². The molecule has 0 aromatic heterocycles. The summed E-state index contributed by atoms with van der Waals surface area (Å²) < 4.78 is 10.7. The Bertz CT molecular complexity index is 308. The molecule has 0 aromatic carbocycles. The zero-order chi connectivity index (χ0) is 12.7. The predicted molar refractivity (Wildman–Crippen MR) is 58.3 cm³/mol. The summed E-state index contributed by atoms with van der Waals surface area (Å²) >= 11 is 0. The van der Waals surface area contributed by atoms with E-state index < -0.39 is 36.7 Å². The van der Waals surface area contributed by atoms with Crippen LogP contribution in [0.1, 0.15) is 20.8 Å². The van der Waals surface area contributed by atoms with Gasteiger partial charge in [-0.05, 0) is 6.92 Å². The molecule has 2 bridgehead atoms. The van der Waals surface area contributed by atoms with Crippen LogP contribution < -0.4 is 5.32 Å². The average Bonchev–Trinajstić information content (AvgIpc) is 2.45. The fourth-order valence-electron chi connectivity index (χ4n) is 2.28. The van der Waals surface area contributed by atoms with Gasteiger partial charge in [0.15, 0.2) is 12.1 Å². The van der Waals surface area contributed by atoms with Crippen molar-refractivity contribution in [2.24, 2.45) is 0 Å². The SMILES string of the molecule is CC(C)NC1C(=O)C(C)OC2OC1C(O)C2O. The van der Waals surface area contributed by atoms with Crippen LogP contribution in [0.5, 0.6) is 0 Å². The third-order valence-electron chi connectivity index (χ3n) is 3.14. The van der Waals surface area contributed by atoms with Gasteiger partial charge in [0, 0.05) is 6.04 Å². The van der Waals surface area contributed by atoms with E-state index in [0.717, 1.165) is 0 Å². The molecule has 17 heavy (non-hydrogen) atoms. The Hall–Kier alpha value is -0.530. The summed E-state index contributed by atoms with van der Waals surface area (Å²) in [5.41, 5.74) is 0. The number of carbonyl (C=O) groups is 1. The van der Waals surface area contributed by atoms with Crippen molar-refractivity contribution >= 4 is 5.78 Å². The first kappa shape index (κ1) is 12.9. The van der Waals surface area contributed by atoms with Crippen LogP contribution in [0.15, 0.2) is 0 Å². The Balaban J connectivity index is 2.24. The highest BCUT2D eigenvalue weighted by Gasteiger charge is 2.53. The van der Waals surface area contributed by atoms with Crippen LogP contribution in [0.3, 0.4) is 0 Å². The lowest BCUT2D eigenvalue weighted by atomic mass is 9.95. The molecule has 6 nitrogen and oxygen atoms in total. The average molecular weight is 245 g/mol. The lowest BCUT2D eigenvalue weighted by molar-refractivity contribution is -0.176. The summed E-state index contributed by atoms with van der Waals surface area (Å²) in [6.07, 6.45) is -4.54. The van der Waals surface area contributed by atoms with Crippen molar-refractivity contribution in [2.45, 2.75) is 63.6 Å². The maximum absolute atomic E-state index is 12.1. The zero-order valence-electron chi connectivity index (χ0n) is 10.2. The van der Waals surface area contributed by atoms with Gasteiger partial charge < -0.3 is 25.0 Å². The van der Waals surface area contributed by atoms with Gasteiger partial charge in [0.1, 0.15) is 24.4 Å². The highest BCUT2D eigenvalue weighted by molar-refractivity contribution is 5.89. The predicted octanol–water partition coefficient (Wildman–Crippen LogP) is -1.21. The number of aliphatic hydroxyl groups is 2. The Kier molecular flexibility index (Phi) is 3.51. The van der Waals surface area contributed by atoms with E-state index in [0.29, 0.717) is 0 Å². The van der Waals surface area contributed by atoms with Crippen LogP contribution >= 0.6 is 0 Å². The van der Waals surface area contributed by atoms with Gasteiger partial charge in [-0.15, -0.1) is 0 Å². The first-order valence-corrected chi connectivity index (χ1v) is 5.88. The Morgan fingerprint density at radius 1 is 1.24 bits per heavy atom. The fraction of sp³-hybridized carbons (Fsp3) is 0.909. The van der Waals surface area contributed by atoms with Crippen LogP contribution in [0.4, 0.5) is 0 Å². The van der Waals surface area contributed by atoms with Gasteiger partial charge in [0.05, 0.1) is 6.04 Å². The molecule has 6 unspecified atom stereocenters. The van der Waals surface area contributed by atoms with Gasteiger partial charge in [-0.1, -0.05) is 13.8 Å². The number of ketones is 1. The van der Waals surface area contributed by atoms with Crippen molar-refractivity contribution in [3.8, 4) is 0 Å². The van der Waals surface area contributed by atoms with Gasteiger partial charge in [0.25, 0.3) is 0 Å². The lowest BCUT2D eigenvalue weighted by Gasteiger charge is -2.28. The summed E-state index contributed by atoms with van der Waals surface area (Å²) in [5, 5.41) is 22.6. The number of hydrogen-bond donors (Lipinski definition) is 3. The normalized spacial score (nSPS) is 46.4. The maximum atomic E-state index is 12.1. The van der Waals surface area contributed by atoms with Crippen molar-refractivity contribution in [3.05, 3.63) is 0 Å². The molecular formula is C11H19NO5. The molecule has 2 fully saturated rings. The molecular weight excluding hydrogens is 226 g/mol. The van der Waals surface area contributed by atoms with Crippen molar-refractivity contribution < 1.29 is 24.5 Å². The van der Waals surface area contributed by atoms with Crippen LogP contribution in [0.25, 0.3) is 0 Å². The van der Waals surface area contributed by atoms with E-state index in [1.807, 2.05) is 13.8 Å². The largest absolute Gasteiger partial charge is 0.387 e. The summed E-state index contributed by atoms with van der Waals surface area (Å²) in [4.78, 5) is 12.1. The van der Waals surface area contributed by atoms with Crippen LogP contribution in [-0.4, -0.2) is 58.8 Å². The molecule has 0 radical (unpaired) electrons. The molecule has 98 valence electrons. The van der Waals surface area contributed by atoms with E-state index in [4.69, 9.17) is 9.47 Å². The zero-order valence-corrected chi connectivity index (χ0v) is 10.2. The minimum atomic E-state index is -1.10. The number of rotatable bonds is 2. The standard InChI is InChI=1S/C11H19NO5/c1-4(2)12-6-7(13)5(3)16-11-9(15)8(14)10(6)17-11/h4-6,8-12,14-15H,1-3H3. The van der Waals surface area contributed by atoms with Crippen molar-refractivity contribution in [1.29, 1.82) is 0 Å². The fourth-order valence-corrected chi connectivity index (χ4v) is 2.28. The molecule has 6 atom stereocenters. The minimum Gasteiger partial charge on any atom is -0.387 e. The number of aliphatic hydroxyl groups excluding tert-OH is 2. The lowest BCUT2D eigenvalue weighted by Crippen LogP contribution is -2.56. The summed E-state index contributed by atoms with van der Waals surface area (Å²) in [6, 6.07) is -0.580. The topological polar surface area (TPSA) is 88.0 Å². The summed E-state index contributed by atoms with van der Waals surface area (Å²) in [7, 11) is 0. The van der Waals surface area contributed by atoms with Gasteiger partial charge >= 0.3 is 0 Å². The van der Waals surface area contributed by atoms with E-state index >= 15 is 0 Å². The van der Waals surface area contributed by atoms with Crippen molar-refractivity contribution in [3.63, 3.8) is 0 Å². The summed E-state index contributed by atoms with van der Waals surface area (Å²) in [5.74, 6) is -0.155. The molecule has 2 aliphatic heterocycles. The number of carbonyl (C=O) groups excluding carboxylic acids is 1. The molecule has 0 aromatic rings. The highest BCUT2D eigenvalue weighted by atomic mass is 16.7. The first-order valence-electron chi connectivity index (χ1n) is 5.88. The number of Topliss-reactive ketones (excluding diaryl/α,β-unsaturated/α-hetero) is 1. The van der Waals surface area contributed by atoms with E-state index in [9.17, 15) is 15.0 Å². The number of ether oxygens (including phenoxy) is 2. The molecule has 3 N–H and O–H groups in total. The third kappa shape index (κ3) is 2.23. The molecule has 0 amide bonds. The number of hydrogen-bond acceptors (Lipinski definition) is 6. The minimum absolute atomic E-state index is 0.0706. The molecule has 2 rings (SSSR count). The first-order chi connectivity index (χ1) is 7.91. The number of nitrogens with one attached hydrogen (secondary N) is 1. The van der Waals surface area contributed by atoms with E-state index in [1.54, 1.807) is 6.92 Å². The van der Waals surface area contributed by atoms with Crippen LogP contribution in [-0.2, 0) is 14.3 Å². The Morgan fingerprint density at radius 2 is 1.88 bits per heavy atom. The maximum Gasteiger partial charge on any atom is 0.187 e. The van der Waals surface area contributed by atoms with Crippen molar-refractivity contribution in [2.75, 3.05) is 0 Å². The van der Waals surface area contributed by atoms with Gasteiger partial charge in [-0.3, -0.25) is 4.79 Å². The smallest absolute Gasteiger partial charge is 0.187 e. The van der Waals surface area contributed by atoms with Gasteiger partial charge in [-0.2, -0.15) is 0 Å². The summed E-state index contributed by atoms with van der Waals surface area (Å²) in [6.45, 7) is 5.43. The van der Waals surface area contributed by atoms with E-state index in [-0.39, 0.29) is 11.8 Å². The molecule has 2 saturated heterocycles. The monoisotopic (exact) mass is 245 g/mol. The second-order valence-electron chi connectivity index (χ2n) is 4.93. The molecule has 0 aliphatic carbocycles. The van der Waals surface area contributed by atoms with Gasteiger partial charge in [0.2, 0.25) is 0 Å². The van der Waals surface area contributed by atoms with Crippen LogP contribution in [0, 0.1) is 0 Å². The molecule has 2 heterocycles. The second-order valence-corrected chi connectivity index (χ2v) is 4.93. The van der Waals surface area contributed by atoms with E-state index in [2.05, 4.69) is 5.32 Å². The second kappa shape index (κ2) is 4.62. The van der Waals surface area contributed by atoms with E-state index in [1.165, 1.54) is 0 Å². The Morgan fingerprint density at radius 3 is 2.47 bits per heavy atom. The number of fused-ring (bicyclic) bond motifs is 2. The molecule has 6 heteroatoms. The van der Waals surface area contributed by atoms with Crippen LogP contribution in [0.2, 0.25) is 0 Å². The van der Waals surface area contributed by atoms with Gasteiger partial charge in [-0.25, -0.2) is 0 Å². The molecule has 0 saturated carbocycles. The third-order valence-corrected chi connectivity index (χ3v) is 3.14. The highest BCUT2D eigenvalue weighted by Crippen LogP contribution is 2.30.